The molecule has 0 fully saturated rings. The summed E-state index contributed by atoms with van der Waals surface area (Å²) in [4.78, 5) is 2.27. The topological polar surface area (TPSA) is 53.1 Å². The largest absolute Gasteiger partial charge is 0.384 e. The minimum atomic E-state index is 0.0487. The highest BCUT2D eigenvalue weighted by atomic mass is 35.5. The van der Waals surface area contributed by atoms with E-state index in [4.69, 9.17) is 22.7 Å². The number of nitrogens with one attached hydrogen (secondary N) is 1. The molecule has 0 bridgehead atoms. The van der Waals surface area contributed by atoms with E-state index in [1.165, 1.54) is 0 Å². The van der Waals surface area contributed by atoms with Crippen molar-refractivity contribution in [2.45, 2.75) is 19.5 Å². The first-order valence-electron chi connectivity index (χ1n) is 5.77. The van der Waals surface area contributed by atoms with Crippen molar-refractivity contribution < 1.29 is 0 Å². The van der Waals surface area contributed by atoms with Crippen molar-refractivity contribution in [3.63, 3.8) is 0 Å². The van der Waals surface area contributed by atoms with Crippen LogP contribution in [0.3, 0.4) is 0 Å². The van der Waals surface area contributed by atoms with Crippen LogP contribution >= 0.6 is 23.4 Å². The molecule has 5 heteroatoms. The van der Waals surface area contributed by atoms with Crippen LogP contribution in [-0.2, 0) is 6.54 Å². The highest BCUT2D eigenvalue weighted by Gasteiger charge is 2.11. The number of benzene rings is 1. The number of thioether (sulfide) groups is 1. The summed E-state index contributed by atoms with van der Waals surface area (Å²) in [6.45, 7) is 3.01. The van der Waals surface area contributed by atoms with Gasteiger partial charge in [-0.05, 0) is 31.9 Å². The standard InChI is InChI=1S/C13H20ClN3S/c1-9(8-18-3)17(2)7-11-5-4-10(13(15)16)6-12(11)14/h4-6,9H,7-8H2,1-3H3,(H3,15,16). The van der Waals surface area contributed by atoms with Crippen LogP contribution in [-0.4, -0.2) is 35.8 Å². The second-order valence-electron chi connectivity index (χ2n) is 4.44. The molecular formula is C13H20ClN3S. The smallest absolute Gasteiger partial charge is 0.122 e. The van der Waals surface area contributed by atoms with Crippen LogP contribution in [0, 0.1) is 5.41 Å². The Balaban J connectivity index is 2.76. The molecule has 0 spiro atoms. The van der Waals surface area contributed by atoms with Crippen LogP contribution in [0.4, 0.5) is 0 Å². The summed E-state index contributed by atoms with van der Waals surface area (Å²) in [7, 11) is 2.09. The molecule has 100 valence electrons. The fraction of sp³-hybridized carbons (Fsp3) is 0.462. The number of amidine groups is 1. The van der Waals surface area contributed by atoms with Crippen molar-refractivity contribution in [1.82, 2.24) is 4.90 Å². The van der Waals surface area contributed by atoms with Crippen LogP contribution in [0.25, 0.3) is 0 Å². The minimum Gasteiger partial charge on any atom is -0.384 e. The Labute approximate surface area is 118 Å². The van der Waals surface area contributed by atoms with E-state index in [1.54, 1.807) is 6.07 Å². The highest BCUT2D eigenvalue weighted by molar-refractivity contribution is 7.98. The Kier molecular flexibility index (Phi) is 5.99. The number of halogens is 1. The highest BCUT2D eigenvalue weighted by Crippen LogP contribution is 2.20. The van der Waals surface area contributed by atoms with Crippen LogP contribution in [0.1, 0.15) is 18.1 Å². The minimum absolute atomic E-state index is 0.0487. The molecule has 0 saturated carbocycles. The lowest BCUT2D eigenvalue weighted by Crippen LogP contribution is -2.30. The summed E-state index contributed by atoms with van der Waals surface area (Å²) < 4.78 is 0. The summed E-state index contributed by atoms with van der Waals surface area (Å²) >= 11 is 8.06. The fourth-order valence-electron chi connectivity index (χ4n) is 1.64. The van der Waals surface area contributed by atoms with Crippen LogP contribution < -0.4 is 5.73 Å². The molecule has 3 nitrogen and oxygen atoms in total. The van der Waals surface area contributed by atoms with Crippen molar-refractivity contribution in [1.29, 1.82) is 5.41 Å². The first-order valence-corrected chi connectivity index (χ1v) is 7.55. The van der Waals surface area contributed by atoms with Gasteiger partial charge in [0.15, 0.2) is 0 Å². The molecular weight excluding hydrogens is 266 g/mol. The number of hydrogen-bond acceptors (Lipinski definition) is 3. The van der Waals surface area contributed by atoms with Crippen LogP contribution in [0.5, 0.6) is 0 Å². The van der Waals surface area contributed by atoms with Gasteiger partial charge in [-0.15, -0.1) is 0 Å². The van der Waals surface area contributed by atoms with E-state index in [0.717, 1.165) is 17.9 Å². The molecule has 1 aromatic rings. The lowest BCUT2D eigenvalue weighted by molar-refractivity contribution is 0.270. The van der Waals surface area contributed by atoms with E-state index in [0.29, 0.717) is 16.6 Å². The predicted molar refractivity (Wildman–Crippen MR) is 81.8 cm³/mol. The molecule has 1 aromatic carbocycles. The van der Waals surface area contributed by atoms with E-state index in [1.807, 2.05) is 23.9 Å². The first-order chi connectivity index (χ1) is 8.45. The molecule has 1 atom stereocenters. The second-order valence-corrected chi connectivity index (χ2v) is 5.76. The molecule has 18 heavy (non-hydrogen) atoms. The van der Waals surface area contributed by atoms with Crippen molar-refractivity contribution in [2.24, 2.45) is 5.73 Å². The van der Waals surface area contributed by atoms with Gasteiger partial charge < -0.3 is 5.73 Å². The Morgan fingerprint density at radius 2 is 2.22 bits per heavy atom. The molecule has 0 aliphatic carbocycles. The third-order valence-electron chi connectivity index (χ3n) is 2.94. The van der Waals surface area contributed by atoms with Gasteiger partial charge in [0.25, 0.3) is 0 Å². The molecule has 0 aliphatic heterocycles. The second kappa shape index (κ2) is 7.02. The van der Waals surface area contributed by atoms with Gasteiger partial charge in [0, 0.05) is 28.9 Å². The van der Waals surface area contributed by atoms with E-state index >= 15 is 0 Å². The van der Waals surface area contributed by atoms with Gasteiger partial charge in [0.1, 0.15) is 5.84 Å². The zero-order valence-corrected chi connectivity index (χ0v) is 12.6. The third kappa shape index (κ3) is 4.19. The molecule has 1 rings (SSSR count). The van der Waals surface area contributed by atoms with Crippen molar-refractivity contribution in [2.75, 3.05) is 19.1 Å². The Morgan fingerprint density at radius 3 is 2.72 bits per heavy atom. The van der Waals surface area contributed by atoms with Crippen molar-refractivity contribution in [3.8, 4) is 0 Å². The van der Waals surface area contributed by atoms with E-state index in [9.17, 15) is 0 Å². The molecule has 1 unspecified atom stereocenters. The maximum atomic E-state index is 7.37. The normalized spacial score (nSPS) is 12.7. The average Bonchev–Trinajstić information content (AvgIpc) is 2.31. The van der Waals surface area contributed by atoms with Gasteiger partial charge in [0.05, 0.1) is 0 Å². The first kappa shape index (κ1) is 15.3. The van der Waals surface area contributed by atoms with Crippen molar-refractivity contribution >= 4 is 29.2 Å². The summed E-state index contributed by atoms with van der Waals surface area (Å²) in [5, 5.41) is 8.05. The maximum Gasteiger partial charge on any atom is 0.122 e. The van der Waals surface area contributed by atoms with E-state index in [-0.39, 0.29) is 5.84 Å². The van der Waals surface area contributed by atoms with Gasteiger partial charge in [-0.2, -0.15) is 11.8 Å². The number of rotatable bonds is 6. The van der Waals surface area contributed by atoms with Gasteiger partial charge in [-0.25, -0.2) is 0 Å². The molecule has 3 N–H and O–H groups in total. The van der Waals surface area contributed by atoms with Gasteiger partial charge in [-0.1, -0.05) is 23.7 Å². The predicted octanol–water partition coefficient (Wildman–Crippen LogP) is 2.81. The zero-order chi connectivity index (χ0) is 13.7. The number of nitrogens with zero attached hydrogens (tertiary/aromatic N) is 1. The Morgan fingerprint density at radius 1 is 1.56 bits per heavy atom. The summed E-state index contributed by atoms with van der Waals surface area (Å²) in [5.41, 5.74) is 7.17. The van der Waals surface area contributed by atoms with E-state index in [2.05, 4.69) is 25.1 Å². The molecule has 0 saturated heterocycles. The zero-order valence-electron chi connectivity index (χ0n) is 11.0. The Bertz CT molecular complexity index is 423. The maximum absolute atomic E-state index is 7.37. The molecule has 0 radical (unpaired) electrons. The van der Waals surface area contributed by atoms with Crippen molar-refractivity contribution in [3.05, 3.63) is 34.3 Å². The van der Waals surface area contributed by atoms with E-state index < -0.39 is 0 Å². The van der Waals surface area contributed by atoms with Crippen LogP contribution in [0.15, 0.2) is 18.2 Å². The quantitative estimate of drug-likeness (QED) is 0.624. The summed E-state index contributed by atoms with van der Waals surface area (Å²) in [5.74, 6) is 1.15. The number of nitrogens with two attached hydrogens (primary N) is 1. The Hall–Kier alpha value is -0.710. The number of nitrogen functional groups attached to an aromatic ring is 1. The fourth-order valence-corrected chi connectivity index (χ4v) is 2.61. The lowest BCUT2D eigenvalue weighted by atomic mass is 10.1. The lowest BCUT2D eigenvalue weighted by Gasteiger charge is -2.24. The number of hydrogen-bond donors (Lipinski definition) is 2. The monoisotopic (exact) mass is 285 g/mol. The van der Waals surface area contributed by atoms with Crippen LogP contribution in [0.2, 0.25) is 5.02 Å². The summed E-state index contributed by atoms with van der Waals surface area (Å²) in [6.07, 6.45) is 2.11. The van der Waals surface area contributed by atoms with Gasteiger partial charge in [-0.3, -0.25) is 10.3 Å². The third-order valence-corrected chi connectivity index (χ3v) is 4.11. The SMILES string of the molecule is CSCC(C)N(C)Cc1ccc(C(=N)N)cc1Cl. The molecule has 0 aliphatic rings. The average molecular weight is 286 g/mol. The molecule has 0 amide bonds. The summed E-state index contributed by atoms with van der Waals surface area (Å²) in [6, 6.07) is 6.05. The van der Waals surface area contributed by atoms with Gasteiger partial charge in [0.2, 0.25) is 0 Å². The molecule has 0 aromatic heterocycles. The molecule has 0 heterocycles. The van der Waals surface area contributed by atoms with Gasteiger partial charge >= 0.3 is 0 Å².